The van der Waals surface area contributed by atoms with Gasteiger partial charge in [0.25, 0.3) is 0 Å². The highest BCUT2D eigenvalue weighted by Gasteiger charge is 2.14. The molecule has 0 spiro atoms. The van der Waals surface area contributed by atoms with Crippen LogP contribution in [0.25, 0.3) is 0 Å². The molecule has 0 saturated carbocycles. The molecule has 0 aliphatic rings. The first kappa shape index (κ1) is 16.5. The molecule has 0 aliphatic carbocycles. The summed E-state index contributed by atoms with van der Waals surface area (Å²) in [7, 11) is 0. The summed E-state index contributed by atoms with van der Waals surface area (Å²) in [6.07, 6.45) is 0. The van der Waals surface area contributed by atoms with Crippen LogP contribution in [0.5, 0.6) is 0 Å². The summed E-state index contributed by atoms with van der Waals surface area (Å²) in [5, 5.41) is 9.53. The number of hydrogen-bond donors (Lipinski definition) is 3. The van der Waals surface area contributed by atoms with Crippen molar-refractivity contribution in [2.75, 3.05) is 5.32 Å². The van der Waals surface area contributed by atoms with Crippen LogP contribution in [-0.2, 0) is 11.3 Å². The number of anilines is 1. The summed E-state index contributed by atoms with van der Waals surface area (Å²) in [5.41, 5.74) is 8.86. The zero-order valence-corrected chi connectivity index (χ0v) is 13.5. The lowest BCUT2D eigenvalue weighted by Crippen LogP contribution is -2.43. The molecular formula is C16H21N5O2. The monoisotopic (exact) mass is 315 g/mol. The van der Waals surface area contributed by atoms with Gasteiger partial charge in [-0.25, -0.2) is 4.79 Å². The molecule has 2 aromatic rings. The summed E-state index contributed by atoms with van der Waals surface area (Å²) in [6.45, 7) is 6.28. The van der Waals surface area contributed by atoms with Crippen molar-refractivity contribution in [2.45, 2.75) is 33.4 Å². The van der Waals surface area contributed by atoms with E-state index < -0.39 is 18.0 Å². The van der Waals surface area contributed by atoms with Crippen LogP contribution in [0, 0.1) is 13.8 Å². The van der Waals surface area contributed by atoms with Crippen molar-refractivity contribution >= 4 is 17.6 Å². The number of carbonyl (C=O) groups excluding carboxylic acids is 2. The van der Waals surface area contributed by atoms with E-state index in [0.29, 0.717) is 6.54 Å². The molecule has 0 saturated heterocycles. The van der Waals surface area contributed by atoms with Crippen molar-refractivity contribution in [1.29, 1.82) is 0 Å². The second kappa shape index (κ2) is 6.95. The first-order valence-electron chi connectivity index (χ1n) is 7.32. The topological polar surface area (TPSA) is 102 Å². The van der Waals surface area contributed by atoms with E-state index in [1.54, 1.807) is 6.92 Å². The Kier molecular flexibility index (Phi) is 5.00. The fourth-order valence-electron chi connectivity index (χ4n) is 2.31. The maximum atomic E-state index is 11.7. The summed E-state index contributed by atoms with van der Waals surface area (Å²) >= 11 is 0. The minimum absolute atomic E-state index is 0.471. The molecule has 3 amide bonds. The number of nitrogens with one attached hydrogen (secondary N) is 2. The van der Waals surface area contributed by atoms with Crippen LogP contribution in [-0.4, -0.2) is 27.8 Å². The fourth-order valence-corrected chi connectivity index (χ4v) is 2.31. The number of imide groups is 1. The molecule has 1 aromatic heterocycles. The standard InChI is InChI=1S/C16H21N5O2/c1-10-7-11(2)21(20-10)9-13-5-4-6-14(8-13)18-12(3)15(22)19-16(17)23/h4-8,12,18H,9H2,1-3H3,(H3,17,19,22,23). The zero-order valence-electron chi connectivity index (χ0n) is 13.5. The van der Waals surface area contributed by atoms with Crippen LogP contribution in [0.2, 0.25) is 0 Å². The molecule has 4 N–H and O–H groups in total. The lowest BCUT2D eigenvalue weighted by Gasteiger charge is -2.15. The maximum absolute atomic E-state index is 11.7. The number of nitrogens with two attached hydrogens (primary N) is 1. The number of carbonyl (C=O) groups is 2. The van der Waals surface area contributed by atoms with E-state index in [1.807, 2.05) is 48.9 Å². The Morgan fingerprint density at radius 1 is 1.30 bits per heavy atom. The van der Waals surface area contributed by atoms with E-state index in [2.05, 4.69) is 15.7 Å². The SMILES string of the molecule is Cc1cc(C)n(Cc2cccc(NC(C)C(=O)NC(N)=O)c2)n1. The summed E-state index contributed by atoms with van der Waals surface area (Å²) < 4.78 is 1.93. The third-order valence-electron chi connectivity index (χ3n) is 3.39. The van der Waals surface area contributed by atoms with Gasteiger partial charge in [-0.3, -0.25) is 14.8 Å². The largest absolute Gasteiger partial charge is 0.374 e. The van der Waals surface area contributed by atoms with Crippen molar-refractivity contribution in [3.05, 3.63) is 47.3 Å². The van der Waals surface area contributed by atoms with E-state index in [0.717, 1.165) is 22.6 Å². The number of benzene rings is 1. The molecule has 122 valence electrons. The van der Waals surface area contributed by atoms with Crippen molar-refractivity contribution in [2.24, 2.45) is 5.73 Å². The van der Waals surface area contributed by atoms with Gasteiger partial charge in [0.15, 0.2) is 0 Å². The molecule has 0 aliphatic heterocycles. The molecule has 23 heavy (non-hydrogen) atoms. The predicted molar refractivity (Wildman–Crippen MR) is 88.1 cm³/mol. The number of nitrogens with zero attached hydrogens (tertiary/aromatic N) is 2. The van der Waals surface area contributed by atoms with Crippen molar-refractivity contribution < 1.29 is 9.59 Å². The molecular weight excluding hydrogens is 294 g/mol. The van der Waals surface area contributed by atoms with Gasteiger partial charge in [0, 0.05) is 11.4 Å². The Balaban J connectivity index is 2.06. The van der Waals surface area contributed by atoms with Crippen LogP contribution in [0.3, 0.4) is 0 Å². The first-order valence-corrected chi connectivity index (χ1v) is 7.32. The predicted octanol–water partition coefficient (Wildman–Crippen LogP) is 1.54. The number of rotatable bonds is 5. The van der Waals surface area contributed by atoms with Crippen molar-refractivity contribution in [3.63, 3.8) is 0 Å². The number of primary amides is 1. The van der Waals surface area contributed by atoms with Gasteiger partial charge in [-0.05, 0) is 44.5 Å². The Morgan fingerprint density at radius 3 is 2.65 bits per heavy atom. The normalized spacial score (nSPS) is 11.8. The Morgan fingerprint density at radius 2 is 2.04 bits per heavy atom. The second-order valence-corrected chi connectivity index (χ2v) is 5.50. The Labute approximate surface area is 134 Å². The highest BCUT2D eigenvalue weighted by molar-refractivity contribution is 5.97. The molecule has 1 aromatic carbocycles. The van der Waals surface area contributed by atoms with Crippen LogP contribution in [0.15, 0.2) is 30.3 Å². The third-order valence-corrected chi connectivity index (χ3v) is 3.39. The van der Waals surface area contributed by atoms with Gasteiger partial charge >= 0.3 is 6.03 Å². The van der Waals surface area contributed by atoms with Gasteiger partial charge < -0.3 is 11.1 Å². The summed E-state index contributed by atoms with van der Waals surface area (Å²) in [4.78, 5) is 22.4. The molecule has 7 nitrogen and oxygen atoms in total. The smallest absolute Gasteiger partial charge is 0.318 e. The molecule has 1 unspecified atom stereocenters. The molecule has 7 heteroatoms. The van der Waals surface area contributed by atoms with Crippen molar-refractivity contribution in [1.82, 2.24) is 15.1 Å². The molecule has 1 atom stereocenters. The Bertz CT molecular complexity index is 723. The maximum Gasteiger partial charge on any atom is 0.318 e. The van der Waals surface area contributed by atoms with Gasteiger partial charge in [-0.2, -0.15) is 5.10 Å². The quantitative estimate of drug-likeness (QED) is 0.779. The molecule has 0 radical (unpaired) electrons. The molecule has 1 heterocycles. The number of amides is 3. The van der Waals surface area contributed by atoms with Crippen LogP contribution in [0.1, 0.15) is 23.9 Å². The van der Waals surface area contributed by atoms with Crippen LogP contribution >= 0.6 is 0 Å². The lowest BCUT2D eigenvalue weighted by molar-refractivity contribution is -0.120. The van der Waals surface area contributed by atoms with Crippen LogP contribution < -0.4 is 16.4 Å². The summed E-state index contributed by atoms with van der Waals surface area (Å²) in [6, 6.07) is 8.30. The highest BCUT2D eigenvalue weighted by atomic mass is 16.2. The highest BCUT2D eigenvalue weighted by Crippen LogP contribution is 2.14. The first-order chi connectivity index (χ1) is 10.8. The van der Waals surface area contributed by atoms with Crippen molar-refractivity contribution in [3.8, 4) is 0 Å². The minimum atomic E-state index is -0.859. The van der Waals surface area contributed by atoms with E-state index in [-0.39, 0.29) is 0 Å². The Hall–Kier alpha value is -2.83. The summed E-state index contributed by atoms with van der Waals surface area (Å²) in [5.74, 6) is -0.471. The van der Waals surface area contributed by atoms with Crippen LogP contribution in [0.4, 0.5) is 10.5 Å². The lowest BCUT2D eigenvalue weighted by atomic mass is 10.2. The molecule has 2 rings (SSSR count). The van der Waals surface area contributed by atoms with E-state index in [1.165, 1.54) is 0 Å². The second-order valence-electron chi connectivity index (χ2n) is 5.50. The molecule has 0 fully saturated rings. The average molecular weight is 315 g/mol. The number of urea groups is 1. The van der Waals surface area contributed by atoms with Gasteiger partial charge in [0.1, 0.15) is 6.04 Å². The zero-order chi connectivity index (χ0) is 17.0. The average Bonchev–Trinajstić information content (AvgIpc) is 2.76. The fraction of sp³-hybridized carbons (Fsp3) is 0.312. The minimum Gasteiger partial charge on any atom is -0.374 e. The van der Waals surface area contributed by atoms with Gasteiger partial charge in [0.2, 0.25) is 5.91 Å². The number of hydrogen-bond acceptors (Lipinski definition) is 4. The van der Waals surface area contributed by atoms with E-state index in [9.17, 15) is 9.59 Å². The third kappa shape index (κ3) is 4.57. The number of aryl methyl sites for hydroxylation is 2. The van der Waals surface area contributed by atoms with Gasteiger partial charge in [0.05, 0.1) is 12.2 Å². The van der Waals surface area contributed by atoms with Gasteiger partial charge in [-0.15, -0.1) is 0 Å². The van der Waals surface area contributed by atoms with E-state index >= 15 is 0 Å². The number of aromatic nitrogens is 2. The molecule has 0 bridgehead atoms. The van der Waals surface area contributed by atoms with Gasteiger partial charge in [-0.1, -0.05) is 12.1 Å². The van der Waals surface area contributed by atoms with E-state index in [4.69, 9.17) is 5.73 Å².